The van der Waals surface area contributed by atoms with E-state index in [0.717, 1.165) is 9.96 Å². The third-order valence-corrected chi connectivity index (χ3v) is 3.39. The number of hydrogen-bond acceptors (Lipinski definition) is 2. The number of amides is 1. The third kappa shape index (κ3) is 2.97. The summed E-state index contributed by atoms with van der Waals surface area (Å²) in [5.41, 5.74) is 0.0966. The Morgan fingerprint density at radius 3 is 2.74 bits per heavy atom. The molecule has 2 heterocycles. The van der Waals surface area contributed by atoms with Crippen molar-refractivity contribution in [2.45, 2.75) is 20.2 Å². The monoisotopic (exact) mass is 319 g/mol. The summed E-state index contributed by atoms with van der Waals surface area (Å²) in [6.07, 6.45) is -1.60. The number of carbonyl (C=O) groups is 1. The number of pyridine rings is 1. The highest BCUT2D eigenvalue weighted by atomic mass is 16.2. The molecule has 118 valence electrons. The first-order chi connectivity index (χ1) is 15.9. The zero-order chi connectivity index (χ0) is 26.7. The SMILES string of the molecule is [2H]c1c(C([2H])([2H])[2H])c([2H])n2c(CC(=O)N(C([2H])([2H])[2H])C([2H])([2H])[2H])c(-c3ccc(C)cc3)nc2c1[2H]. The Morgan fingerprint density at radius 1 is 1.26 bits per heavy atom. The van der Waals surface area contributed by atoms with Gasteiger partial charge in [0.25, 0.3) is 0 Å². The Hall–Kier alpha value is -2.62. The second-order valence-electron chi connectivity index (χ2n) is 5.07. The van der Waals surface area contributed by atoms with E-state index in [9.17, 15) is 4.79 Å². The van der Waals surface area contributed by atoms with Gasteiger partial charge >= 0.3 is 0 Å². The fourth-order valence-corrected chi connectivity index (χ4v) is 2.24. The van der Waals surface area contributed by atoms with Crippen LogP contribution in [0.4, 0.5) is 0 Å². The predicted octanol–water partition coefficient (Wildman–Crippen LogP) is 3.25. The smallest absolute Gasteiger partial charge is 0.228 e. The summed E-state index contributed by atoms with van der Waals surface area (Å²) in [5.74, 6) is -1.34. The Morgan fingerprint density at radius 2 is 2.04 bits per heavy atom. The van der Waals surface area contributed by atoms with E-state index in [2.05, 4.69) is 4.98 Å². The van der Waals surface area contributed by atoms with E-state index >= 15 is 0 Å². The molecular formula is C19H21N3O. The molecule has 0 saturated heterocycles. The lowest BCUT2D eigenvalue weighted by atomic mass is 10.1. The van der Waals surface area contributed by atoms with Crippen LogP contribution in [-0.2, 0) is 11.2 Å². The molecule has 2 aromatic heterocycles. The molecule has 4 heteroatoms. The molecule has 23 heavy (non-hydrogen) atoms. The highest BCUT2D eigenvalue weighted by molar-refractivity contribution is 5.81. The van der Waals surface area contributed by atoms with Crippen LogP contribution >= 0.6 is 0 Å². The number of carbonyl (C=O) groups excluding carboxylic acids is 1. The van der Waals surface area contributed by atoms with Gasteiger partial charge in [0.15, 0.2) is 0 Å². The van der Waals surface area contributed by atoms with Gasteiger partial charge in [0.05, 0.1) is 21.9 Å². The zero-order valence-electron chi connectivity index (χ0n) is 24.3. The Balaban J connectivity index is 2.38. The lowest BCUT2D eigenvalue weighted by molar-refractivity contribution is -0.128. The van der Waals surface area contributed by atoms with Crippen molar-refractivity contribution in [3.63, 3.8) is 0 Å². The second-order valence-corrected chi connectivity index (χ2v) is 5.07. The molecule has 1 amide bonds. The van der Waals surface area contributed by atoms with Gasteiger partial charge < -0.3 is 9.30 Å². The molecule has 4 nitrogen and oxygen atoms in total. The van der Waals surface area contributed by atoms with E-state index in [1.807, 2.05) is 6.92 Å². The first kappa shape index (κ1) is 6.48. The number of aryl methyl sites for hydroxylation is 1. The Kier molecular flexibility index (Phi) is 1.65. The average molecular weight is 319 g/mol. The van der Waals surface area contributed by atoms with Crippen LogP contribution in [0.1, 0.15) is 33.3 Å². The number of imidazole rings is 1. The van der Waals surface area contributed by atoms with Gasteiger partial charge in [-0.2, -0.15) is 0 Å². The number of hydrogen-bond donors (Lipinski definition) is 0. The highest BCUT2D eigenvalue weighted by Gasteiger charge is 2.18. The quantitative estimate of drug-likeness (QED) is 0.743. The molecule has 3 rings (SSSR count). The second kappa shape index (κ2) is 5.88. The number of aromatic nitrogens is 2. The maximum Gasteiger partial charge on any atom is 0.228 e. The van der Waals surface area contributed by atoms with Crippen molar-refractivity contribution >= 4 is 11.6 Å². The van der Waals surface area contributed by atoms with Gasteiger partial charge in [-0.3, -0.25) is 4.79 Å². The van der Waals surface area contributed by atoms with E-state index in [4.69, 9.17) is 16.4 Å². The maximum atomic E-state index is 13.0. The molecule has 0 bridgehead atoms. The molecule has 3 aromatic rings. The van der Waals surface area contributed by atoms with Crippen LogP contribution in [0.25, 0.3) is 16.9 Å². The van der Waals surface area contributed by atoms with Crippen LogP contribution in [-0.4, -0.2) is 34.1 Å². The van der Waals surface area contributed by atoms with Crippen molar-refractivity contribution in [3.8, 4) is 11.3 Å². The minimum absolute atomic E-state index is 0.0264. The van der Waals surface area contributed by atoms with Crippen LogP contribution in [0.5, 0.6) is 0 Å². The molecule has 0 aliphatic heterocycles. The summed E-state index contributed by atoms with van der Waals surface area (Å²) >= 11 is 0. The van der Waals surface area contributed by atoms with E-state index in [1.165, 1.54) is 0 Å². The summed E-state index contributed by atoms with van der Waals surface area (Å²) in [5, 5.41) is 0. The van der Waals surface area contributed by atoms with Crippen molar-refractivity contribution in [2.75, 3.05) is 14.0 Å². The number of fused-ring (bicyclic) bond motifs is 1. The average Bonchev–Trinajstić information content (AvgIpc) is 3.03. The molecule has 0 aliphatic carbocycles. The van der Waals surface area contributed by atoms with Gasteiger partial charge in [0.2, 0.25) is 5.91 Å². The first-order valence-electron chi connectivity index (χ1n) is 12.8. The Labute approximate surface area is 153 Å². The molecule has 0 unspecified atom stereocenters. The number of nitrogens with zero attached hydrogens (tertiary/aromatic N) is 3. The van der Waals surface area contributed by atoms with Gasteiger partial charge in [-0.05, 0) is 25.4 Å². The standard InChI is InChI=1S/C19H21N3O/c1-13-5-8-15(9-6-13)19-16(11-18(23)21(3)4)22-12-14(2)7-10-17(22)20-19/h5-10,12H,11H2,1-4H3/i2D3,3D3,4D3,7D,10D,12D. The van der Waals surface area contributed by atoms with Crippen molar-refractivity contribution in [2.24, 2.45) is 0 Å². The highest BCUT2D eigenvalue weighted by Crippen LogP contribution is 2.26. The van der Waals surface area contributed by atoms with Crippen LogP contribution in [0.3, 0.4) is 0 Å². The number of rotatable bonds is 3. The molecule has 0 radical (unpaired) electrons. The van der Waals surface area contributed by atoms with Gasteiger partial charge in [-0.15, -0.1) is 0 Å². The van der Waals surface area contributed by atoms with E-state index in [0.29, 0.717) is 5.56 Å². The summed E-state index contributed by atoms with van der Waals surface area (Å²) < 4.78 is 94.1. The molecule has 1 aromatic carbocycles. The lowest BCUT2D eigenvalue weighted by Crippen LogP contribution is -2.24. The summed E-state index contributed by atoms with van der Waals surface area (Å²) in [6.45, 7) is -7.75. The fraction of sp³-hybridized carbons (Fsp3) is 0.263. The molecular weight excluding hydrogens is 286 g/mol. The minimum Gasteiger partial charge on any atom is -0.348 e. The summed E-state index contributed by atoms with van der Waals surface area (Å²) in [7, 11) is 0. The molecule has 0 aliphatic rings. The molecule has 0 saturated carbocycles. The van der Waals surface area contributed by atoms with Crippen molar-refractivity contribution in [1.82, 2.24) is 14.3 Å². The third-order valence-electron chi connectivity index (χ3n) is 3.39. The van der Waals surface area contributed by atoms with Gasteiger partial charge in [0, 0.05) is 38.0 Å². The van der Waals surface area contributed by atoms with Gasteiger partial charge in [0.1, 0.15) is 5.65 Å². The van der Waals surface area contributed by atoms with Crippen LogP contribution in [0.2, 0.25) is 0 Å². The number of benzene rings is 1. The molecule has 0 N–H and O–H groups in total. The molecule has 0 atom stereocenters. The lowest BCUT2D eigenvalue weighted by Gasteiger charge is -2.11. The van der Waals surface area contributed by atoms with Gasteiger partial charge in [-0.1, -0.05) is 35.9 Å². The topological polar surface area (TPSA) is 37.6 Å². The van der Waals surface area contributed by atoms with Crippen LogP contribution in [0, 0.1) is 13.8 Å². The minimum atomic E-state index is -3.31. The van der Waals surface area contributed by atoms with E-state index < -0.39 is 57.0 Å². The predicted molar refractivity (Wildman–Crippen MR) is 92.5 cm³/mol. The normalized spacial score (nSPS) is 20.2. The zero-order valence-corrected chi connectivity index (χ0v) is 12.3. The fourth-order valence-electron chi connectivity index (χ4n) is 2.24. The van der Waals surface area contributed by atoms with E-state index in [1.54, 1.807) is 24.3 Å². The van der Waals surface area contributed by atoms with E-state index in [-0.39, 0.29) is 21.9 Å². The first-order valence-corrected chi connectivity index (χ1v) is 6.77. The van der Waals surface area contributed by atoms with Gasteiger partial charge in [-0.25, -0.2) is 4.98 Å². The molecule has 0 fully saturated rings. The largest absolute Gasteiger partial charge is 0.348 e. The van der Waals surface area contributed by atoms with Crippen molar-refractivity contribution < 1.29 is 21.2 Å². The number of likely N-dealkylation sites (N-methyl/N-ethyl adjacent to an activating group) is 1. The maximum absolute atomic E-state index is 13.0. The summed E-state index contributed by atoms with van der Waals surface area (Å²) in [6, 6.07) is 5.34. The van der Waals surface area contributed by atoms with Crippen LogP contribution in [0.15, 0.2) is 42.5 Å². The molecule has 0 spiro atoms. The van der Waals surface area contributed by atoms with Crippen LogP contribution < -0.4 is 0 Å². The van der Waals surface area contributed by atoms with Crippen molar-refractivity contribution in [1.29, 1.82) is 0 Å². The van der Waals surface area contributed by atoms with Crippen molar-refractivity contribution in [3.05, 3.63) is 59.3 Å². The summed E-state index contributed by atoms with van der Waals surface area (Å²) in [4.78, 5) is 17.1. The Bertz CT molecular complexity index is 1270.